The number of methoxy groups -OCH3 is 2. The van der Waals surface area contributed by atoms with E-state index in [1.165, 1.54) is 26.4 Å². The Hall–Kier alpha value is -3.02. The Bertz CT molecular complexity index is 974. The summed E-state index contributed by atoms with van der Waals surface area (Å²) in [6.45, 7) is 2.05. The predicted molar refractivity (Wildman–Crippen MR) is 121 cm³/mol. The molecular formula is C22H30N2O8S. The second-order valence-corrected chi connectivity index (χ2v) is 8.58. The average Bonchev–Trinajstić information content (AvgIpc) is 2.81. The number of hydrogen-bond acceptors (Lipinski definition) is 8. The molecule has 0 aliphatic carbocycles. The molecule has 0 aliphatic rings. The number of rotatable bonds is 14. The van der Waals surface area contributed by atoms with Crippen molar-refractivity contribution in [1.82, 2.24) is 10.0 Å². The summed E-state index contributed by atoms with van der Waals surface area (Å²) >= 11 is 0. The molecule has 0 aliphatic heterocycles. The van der Waals surface area contributed by atoms with Crippen LogP contribution in [-0.2, 0) is 14.8 Å². The molecule has 182 valence electrons. The molecule has 0 aromatic heterocycles. The van der Waals surface area contributed by atoms with Crippen molar-refractivity contribution in [3.8, 4) is 23.0 Å². The van der Waals surface area contributed by atoms with Gasteiger partial charge in [0.2, 0.25) is 21.7 Å². The number of para-hydroxylation sites is 1. The molecule has 11 heteroatoms. The first-order valence-corrected chi connectivity index (χ1v) is 11.8. The lowest BCUT2D eigenvalue weighted by Gasteiger charge is -2.17. The molecule has 33 heavy (non-hydrogen) atoms. The van der Waals surface area contributed by atoms with E-state index < -0.39 is 22.0 Å². The smallest absolute Gasteiger partial charge is 0.240 e. The summed E-state index contributed by atoms with van der Waals surface area (Å²) in [5.74, 6) is 1.40. The van der Waals surface area contributed by atoms with Crippen LogP contribution >= 0.6 is 0 Å². The Labute approximate surface area is 193 Å². The zero-order valence-corrected chi connectivity index (χ0v) is 19.7. The van der Waals surface area contributed by atoms with Gasteiger partial charge >= 0.3 is 0 Å². The van der Waals surface area contributed by atoms with Gasteiger partial charge in [-0.3, -0.25) is 4.79 Å². The maximum Gasteiger partial charge on any atom is 0.240 e. The zero-order valence-electron chi connectivity index (χ0n) is 18.9. The second-order valence-electron chi connectivity index (χ2n) is 6.81. The molecule has 0 saturated heterocycles. The van der Waals surface area contributed by atoms with Crippen molar-refractivity contribution in [1.29, 1.82) is 0 Å². The van der Waals surface area contributed by atoms with Gasteiger partial charge in [-0.2, -0.15) is 0 Å². The lowest BCUT2D eigenvalue weighted by atomic mass is 10.3. The second kappa shape index (κ2) is 12.9. The largest absolute Gasteiger partial charge is 0.494 e. The fourth-order valence-corrected chi connectivity index (χ4v) is 3.81. The molecule has 0 fully saturated rings. The third kappa shape index (κ3) is 8.12. The van der Waals surface area contributed by atoms with Crippen LogP contribution in [-0.4, -0.2) is 66.1 Å². The van der Waals surface area contributed by atoms with E-state index in [4.69, 9.17) is 18.9 Å². The monoisotopic (exact) mass is 482 g/mol. The van der Waals surface area contributed by atoms with Gasteiger partial charge < -0.3 is 29.4 Å². The van der Waals surface area contributed by atoms with Crippen molar-refractivity contribution in [2.45, 2.75) is 24.3 Å². The number of aliphatic hydroxyl groups is 1. The zero-order chi connectivity index (χ0) is 24.3. The Morgan fingerprint density at radius 3 is 2.24 bits per heavy atom. The van der Waals surface area contributed by atoms with Gasteiger partial charge in [0.05, 0.1) is 25.7 Å². The van der Waals surface area contributed by atoms with Crippen LogP contribution in [0, 0.1) is 0 Å². The summed E-state index contributed by atoms with van der Waals surface area (Å²) in [4.78, 5) is 12.1. The number of sulfonamides is 1. The van der Waals surface area contributed by atoms with Gasteiger partial charge in [-0.05, 0) is 43.3 Å². The number of amides is 1. The van der Waals surface area contributed by atoms with Crippen LogP contribution in [0.15, 0.2) is 47.4 Å². The topological polar surface area (TPSA) is 132 Å². The molecule has 0 heterocycles. The van der Waals surface area contributed by atoms with E-state index in [9.17, 15) is 18.3 Å². The number of ether oxygens (including phenoxy) is 4. The first-order valence-electron chi connectivity index (χ1n) is 10.3. The van der Waals surface area contributed by atoms with Crippen molar-refractivity contribution in [2.75, 3.05) is 40.5 Å². The average molecular weight is 483 g/mol. The number of carbonyl (C=O) groups excluding carboxylic acids is 1. The summed E-state index contributed by atoms with van der Waals surface area (Å²) in [6.07, 6.45) is -1.09. The molecule has 0 saturated carbocycles. The fraction of sp³-hybridized carbons (Fsp3) is 0.409. The number of hydrogen-bond donors (Lipinski definition) is 3. The normalized spacial score (nSPS) is 12.0. The van der Waals surface area contributed by atoms with Gasteiger partial charge in [0.1, 0.15) is 18.5 Å². The summed E-state index contributed by atoms with van der Waals surface area (Å²) in [5, 5.41) is 12.6. The highest BCUT2D eigenvalue weighted by molar-refractivity contribution is 7.89. The van der Waals surface area contributed by atoms with Gasteiger partial charge in [0.25, 0.3) is 0 Å². The number of benzene rings is 2. The summed E-state index contributed by atoms with van der Waals surface area (Å²) < 4.78 is 48.3. The van der Waals surface area contributed by atoms with E-state index in [-0.39, 0.29) is 31.0 Å². The fourth-order valence-electron chi connectivity index (χ4n) is 2.78. The van der Waals surface area contributed by atoms with Gasteiger partial charge in [0.15, 0.2) is 11.5 Å². The SMILES string of the molecule is CCOc1ccc(S(=O)(=O)NCCC(=O)NCC(O)COc2c(OC)cccc2OC)cc1. The molecule has 10 nitrogen and oxygen atoms in total. The minimum atomic E-state index is -3.75. The molecule has 0 radical (unpaired) electrons. The van der Waals surface area contributed by atoms with Crippen molar-refractivity contribution >= 4 is 15.9 Å². The van der Waals surface area contributed by atoms with E-state index in [2.05, 4.69) is 10.0 Å². The molecule has 3 N–H and O–H groups in total. The van der Waals surface area contributed by atoms with Crippen LogP contribution in [0.4, 0.5) is 0 Å². The van der Waals surface area contributed by atoms with E-state index in [0.717, 1.165) is 0 Å². The van der Waals surface area contributed by atoms with E-state index in [0.29, 0.717) is 29.6 Å². The summed E-state index contributed by atoms with van der Waals surface area (Å²) in [7, 11) is -0.773. The van der Waals surface area contributed by atoms with Crippen LogP contribution in [0.3, 0.4) is 0 Å². The third-order valence-corrected chi connectivity index (χ3v) is 5.90. The van der Waals surface area contributed by atoms with E-state index in [1.54, 1.807) is 30.3 Å². The summed E-state index contributed by atoms with van der Waals surface area (Å²) in [6, 6.07) is 11.1. The van der Waals surface area contributed by atoms with Crippen molar-refractivity contribution in [3.05, 3.63) is 42.5 Å². The van der Waals surface area contributed by atoms with E-state index in [1.807, 2.05) is 6.92 Å². The molecule has 0 bridgehead atoms. The Morgan fingerprint density at radius 2 is 1.67 bits per heavy atom. The van der Waals surface area contributed by atoms with Crippen LogP contribution in [0.2, 0.25) is 0 Å². The van der Waals surface area contributed by atoms with Gasteiger partial charge in [0, 0.05) is 19.5 Å². The lowest BCUT2D eigenvalue weighted by Crippen LogP contribution is -2.37. The lowest BCUT2D eigenvalue weighted by molar-refractivity contribution is -0.121. The summed E-state index contributed by atoms with van der Waals surface area (Å²) in [5.41, 5.74) is 0. The minimum Gasteiger partial charge on any atom is -0.494 e. The van der Waals surface area contributed by atoms with Crippen molar-refractivity contribution in [3.63, 3.8) is 0 Å². The van der Waals surface area contributed by atoms with Crippen LogP contribution < -0.4 is 29.0 Å². The highest BCUT2D eigenvalue weighted by atomic mass is 32.2. The van der Waals surface area contributed by atoms with Crippen LogP contribution in [0.1, 0.15) is 13.3 Å². The van der Waals surface area contributed by atoms with Crippen LogP contribution in [0.25, 0.3) is 0 Å². The molecule has 2 aromatic rings. The number of carbonyl (C=O) groups is 1. The molecule has 1 amide bonds. The van der Waals surface area contributed by atoms with Gasteiger partial charge in [-0.25, -0.2) is 13.1 Å². The van der Waals surface area contributed by atoms with Crippen molar-refractivity contribution < 1.29 is 37.3 Å². The Morgan fingerprint density at radius 1 is 1.03 bits per heavy atom. The number of nitrogens with one attached hydrogen (secondary N) is 2. The maximum absolute atomic E-state index is 12.3. The standard InChI is InChI=1S/C22H30N2O8S/c1-4-31-17-8-10-18(11-9-17)33(27,28)24-13-12-21(26)23-14-16(25)15-32-22-19(29-2)6-5-7-20(22)30-3/h5-11,16,24-25H,4,12-15H2,1-3H3,(H,23,26). The van der Waals surface area contributed by atoms with Crippen LogP contribution in [0.5, 0.6) is 23.0 Å². The highest BCUT2D eigenvalue weighted by Crippen LogP contribution is 2.36. The number of aliphatic hydroxyl groups excluding tert-OH is 1. The van der Waals surface area contributed by atoms with Gasteiger partial charge in [-0.1, -0.05) is 6.07 Å². The Kier molecular flexibility index (Phi) is 10.2. The first kappa shape index (κ1) is 26.2. The molecule has 2 rings (SSSR count). The maximum atomic E-state index is 12.3. The highest BCUT2D eigenvalue weighted by Gasteiger charge is 2.16. The molecule has 1 unspecified atom stereocenters. The van der Waals surface area contributed by atoms with Crippen molar-refractivity contribution in [2.24, 2.45) is 0 Å². The van der Waals surface area contributed by atoms with E-state index >= 15 is 0 Å². The quantitative estimate of drug-likeness (QED) is 0.367. The third-order valence-electron chi connectivity index (χ3n) is 4.43. The molecule has 2 aromatic carbocycles. The predicted octanol–water partition coefficient (Wildman–Crippen LogP) is 1.33. The first-order chi connectivity index (χ1) is 15.8. The molecule has 0 spiro atoms. The minimum absolute atomic E-state index is 0.0675. The molecule has 1 atom stereocenters. The molecular weight excluding hydrogens is 452 g/mol. The Balaban J connectivity index is 1.74. The van der Waals surface area contributed by atoms with Gasteiger partial charge in [-0.15, -0.1) is 0 Å².